The van der Waals surface area contributed by atoms with E-state index in [-0.39, 0.29) is 28.1 Å². The SMILES string of the molecule is Cc1cc(NS(=O)(=O)c2ccc(NC(=O)C3CCN(c4ccc(=O)n(C)n4)CC3)cc2)nc(C)n1. The number of hydrogen-bond donors (Lipinski definition) is 2. The Balaban J connectivity index is 1.35. The Bertz CT molecular complexity index is 1380. The van der Waals surface area contributed by atoms with Crippen LogP contribution in [0.25, 0.3) is 0 Å². The molecule has 1 aliphatic rings. The number of nitrogens with one attached hydrogen (secondary N) is 2. The van der Waals surface area contributed by atoms with Crippen molar-refractivity contribution in [3.63, 3.8) is 0 Å². The van der Waals surface area contributed by atoms with Crippen LogP contribution in [0.2, 0.25) is 0 Å². The minimum Gasteiger partial charge on any atom is -0.355 e. The molecule has 1 aromatic carbocycles. The Morgan fingerprint density at radius 2 is 1.71 bits per heavy atom. The summed E-state index contributed by atoms with van der Waals surface area (Å²) < 4.78 is 29.2. The Kier molecular flexibility index (Phi) is 6.83. The van der Waals surface area contributed by atoms with Crippen molar-refractivity contribution in [2.75, 3.05) is 28.0 Å². The topological polar surface area (TPSA) is 139 Å². The zero-order valence-electron chi connectivity index (χ0n) is 19.7. The summed E-state index contributed by atoms with van der Waals surface area (Å²) in [5.74, 6) is 1.10. The summed E-state index contributed by atoms with van der Waals surface area (Å²) in [6.45, 7) is 4.74. The van der Waals surface area contributed by atoms with Crippen molar-refractivity contribution in [2.24, 2.45) is 13.0 Å². The molecule has 1 amide bonds. The number of carbonyl (C=O) groups is 1. The van der Waals surface area contributed by atoms with Gasteiger partial charge in [-0.05, 0) is 57.0 Å². The predicted molar refractivity (Wildman–Crippen MR) is 132 cm³/mol. The molecule has 184 valence electrons. The number of aryl methyl sites for hydroxylation is 3. The molecule has 0 bridgehead atoms. The van der Waals surface area contributed by atoms with Crippen LogP contribution in [0, 0.1) is 19.8 Å². The van der Waals surface area contributed by atoms with Crippen LogP contribution >= 0.6 is 0 Å². The second kappa shape index (κ2) is 9.82. The highest BCUT2D eigenvalue weighted by Gasteiger charge is 2.26. The number of rotatable bonds is 6. The van der Waals surface area contributed by atoms with Crippen molar-refractivity contribution in [2.45, 2.75) is 31.6 Å². The van der Waals surface area contributed by atoms with E-state index in [2.05, 4.69) is 30.0 Å². The number of aromatic nitrogens is 4. The van der Waals surface area contributed by atoms with Gasteiger partial charge in [-0.2, -0.15) is 5.10 Å². The molecule has 0 spiro atoms. The van der Waals surface area contributed by atoms with Gasteiger partial charge in [0, 0.05) is 49.6 Å². The third kappa shape index (κ3) is 5.83. The largest absolute Gasteiger partial charge is 0.355 e. The summed E-state index contributed by atoms with van der Waals surface area (Å²) in [5, 5.41) is 7.14. The van der Waals surface area contributed by atoms with E-state index in [4.69, 9.17) is 0 Å². The first-order valence-corrected chi connectivity index (χ1v) is 12.6. The molecule has 12 heteroatoms. The highest BCUT2D eigenvalue weighted by molar-refractivity contribution is 7.92. The van der Waals surface area contributed by atoms with Crippen molar-refractivity contribution in [3.05, 3.63) is 64.3 Å². The molecule has 3 heterocycles. The smallest absolute Gasteiger partial charge is 0.266 e. The van der Waals surface area contributed by atoms with Crippen molar-refractivity contribution < 1.29 is 13.2 Å². The fraction of sp³-hybridized carbons (Fsp3) is 0.348. The maximum absolute atomic E-state index is 12.8. The lowest BCUT2D eigenvalue weighted by atomic mass is 9.96. The summed E-state index contributed by atoms with van der Waals surface area (Å²) in [7, 11) is -2.23. The van der Waals surface area contributed by atoms with E-state index in [0.717, 1.165) is 0 Å². The molecule has 1 fully saturated rings. The van der Waals surface area contributed by atoms with Gasteiger partial charge in [0.05, 0.1) is 4.90 Å². The third-order valence-electron chi connectivity index (χ3n) is 5.77. The molecule has 1 aliphatic heterocycles. The highest BCUT2D eigenvalue weighted by Crippen LogP contribution is 2.23. The Morgan fingerprint density at radius 3 is 2.34 bits per heavy atom. The van der Waals surface area contributed by atoms with Gasteiger partial charge in [-0.1, -0.05) is 0 Å². The molecule has 1 saturated heterocycles. The zero-order valence-corrected chi connectivity index (χ0v) is 20.5. The van der Waals surface area contributed by atoms with Crippen LogP contribution in [0.15, 0.2) is 52.2 Å². The Morgan fingerprint density at radius 1 is 1.03 bits per heavy atom. The first-order chi connectivity index (χ1) is 16.6. The number of amides is 1. The van der Waals surface area contributed by atoms with Crippen LogP contribution in [0.1, 0.15) is 24.4 Å². The minimum absolute atomic E-state index is 0.0579. The second-order valence-corrected chi connectivity index (χ2v) is 10.2. The van der Waals surface area contributed by atoms with Crippen molar-refractivity contribution in [3.8, 4) is 0 Å². The highest BCUT2D eigenvalue weighted by atomic mass is 32.2. The lowest BCUT2D eigenvalue weighted by Crippen LogP contribution is -2.39. The van der Waals surface area contributed by atoms with Gasteiger partial charge >= 0.3 is 0 Å². The number of carbonyl (C=O) groups excluding carboxylic acids is 1. The minimum atomic E-state index is -3.84. The average molecular weight is 498 g/mol. The van der Waals surface area contributed by atoms with Crippen molar-refractivity contribution in [1.29, 1.82) is 0 Å². The van der Waals surface area contributed by atoms with Gasteiger partial charge in [0.25, 0.3) is 15.6 Å². The molecule has 0 radical (unpaired) electrons. The Hall–Kier alpha value is -3.80. The first kappa shape index (κ1) is 24.3. The van der Waals surface area contributed by atoms with E-state index in [0.29, 0.717) is 49.0 Å². The van der Waals surface area contributed by atoms with E-state index in [9.17, 15) is 18.0 Å². The number of benzene rings is 1. The van der Waals surface area contributed by atoms with Gasteiger partial charge in [0.2, 0.25) is 5.91 Å². The van der Waals surface area contributed by atoms with Crippen LogP contribution in [-0.4, -0.2) is 47.2 Å². The number of nitrogens with zero attached hydrogens (tertiary/aromatic N) is 5. The van der Waals surface area contributed by atoms with Gasteiger partial charge in [0.15, 0.2) is 0 Å². The number of sulfonamides is 1. The van der Waals surface area contributed by atoms with E-state index < -0.39 is 10.0 Å². The molecule has 0 saturated carbocycles. The molecule has 0 atom stereocenters. The molecule has 4 rings (SSSR count). The summed E-state index contributed by atoms with van der Waals surface area (Å²) in [4.78, 5) is 34.7. The summed E-state index contributed by atoms with van der Waals surface area (Å²) in [6, 6.07) is 10.7. The van der Waals surface area contributed by atoms with E-state index in [1.54, 1.807) is 45.2 Å². The predicted octanol–water partition coefficient (Wildman–Crippen LogP) is 1.84. The Labute approximate surface area is 203 Å². The monoisotopic (exact) mass is 497 g/mol. The first-order valence-electron chi connectivity index (χ1n) is 11.2. The van der Waals surface area contributed by atoms with Crippen molar-refractivity contribution in [1.82, 2.24) is 19.7 Å². The lowest BCUT2D eigenvalue weighted by Gasteiger charge is -2.32. The normalized spacial score (nSPS) is 14.5. The standard InChI is InChI=1S/C23H27N7O4S/c1-15-14-20(25-16(2)24-15)28-35(33,34)19-6-4-18(5-7-19)26-23(32)17-10-12-30(13-11-17)21-8-9-22(31)29(3)27-21/h4-9,14,17H,10-13H2,1-3H3,(H,26,32)(H,24,25,28). The quantitative estimate of drug-likeness (QED) is 0.526. The van der Waals surface area contributed by atoms with Crippen LogP contribution in [0.4, 0.5) is 17.3 Å². The maximum Gasteiger partial charge on any atom is 0.266 e. The average Bonchev–Trinajstić information content (AvgIpc) is 2.80. The summed E-state index contributed by atoms with van der Waals surface area (Å²) in [6.07, 6.45) is 1.29. The van der Waals surface area contributed by atoms with E-state index in [1.165, 1.54) is 22.9 Å². The van der Waals surface area contributed by atoms with Crippen molar-refractivity contribution >= 4 is 33.3 Å². The van der Waals surface area contributed by atoms with Crippen LogP contribution in [0.3, 0.4) is 0 Å². The summed E-state index contributed by atoms with van der Waals surface area (Å²) in [5.41, 5.74) is 1.01. The third-order valence-corrected chi connectivity index (χ3v) is 7.14. The van der Waals surface area contributed by atoms with E-state index >= 15 is 0 Å². The van der Waals surface area contributed by atoms with E-state index in [1.807, 2.05) is 0 Å². The second-order valence-electron chi connectivity index (χ2n) is 8.48. The van der Waals surface area contributed by atoms with Crippen LogP contribution in [0.5, 0.6) is 0 Å². The van der Waals surface area contributed by atoms with Gasteiger partial charge in [-0.15, -0.1) is 0 Å². The lowest BCUT2D eigenvalue weighted by molar-refractivity contribution is -0.120. The van der Waals surface area contributed by atoms with Gasteiger partial charge in [-0.25, -0.2) is 23.1 Å². The molecule has 0 aliphatic carbocycles. The van der Waals surface area contributed by atoms with Gasteiger partial charge < -0.3 is 10.2 Å². The molecule has 35 heavy (non-hydrogen) atoms. The molecule has 3 aromatic rings. The fourth-order valence-electron chi connectivity index (χ4n) is 3.96. The van der Waals surface area contributed by atoms with Gasteiger partial charge in [0.1, 0.15) is 17.5 Å². The number of hydrogen-bond acceptors (Lipinski definition) is 8. The van der Waals surface area contributed by atoms with Crippen LogP contribution in [-0.2, 0) is 21.9 Å². The number of piperidine rings is 1. The maximum atomic E-state index is 12.8. The molecule has 2 aromatic heterocycles. The van der Waals surface area contributed by atoms with Crippen LogP contribution < -0.4 is 20.5 Å². The molecule has 2 N–H and O–H groups in total. The number of anilines is 3. The molecule has 0 unspecified atom stereocenters. The fourth-order valence-corrected chi connectivity index (χ4v) is 4.95. The zero-order chi connectivity index (χ0) is 25.2. The molecular formula is C23H27N7O4S. The summed E-state index contributed by atoms with van der Waals surface area (Å²) >= 11 is 0. The molecule has 11 nitrogen and oxygen atoms in total. The molecular weight excluding hydrogens is 470 g/mol. The van der Waals surface area contributed by atoms with Gasteiger partial charge in [-0.3, -0.25) is 14.3 Å².